The number of nitrogens with one attached hydrogen (secondary N) is 2. The van der Waals surface area contributed by atoms with Crippen molar-refractivity contribution in [1.82, 2.24) is 10.6 Å². The van der Waals surface area contributed by atoms with Crippen LogP contribution in [0.25, 0.3) is 0 Å². The van der Waals surface area contributed by atoms with Crippen LogP contribution in [-0.4, -0.2) is 24.0 Å². The van der Waals surface area contributed by atoms with Crippen molar-refractivity contribution >= 4 is 5.91 Å². The lowest BCUT2D eigenvalue weighted by Crippen LogP contribution is -2.64. The molecule has 1 unspecified atom stereocenters. The molecule has 0 radical (unpaired) electrons. The second kappa shape index (κ2) is 2.81. The fourth-order valence-electron chi connectivity index (χ4n) is 1.31. The first-order chi connectivity index (χ1) is 5.06. The lowest BCUT2D eigenvalue weighted by molar-refractivity contribution is -0.128. The molecule has 2 N–H and O–H groups in total. The Morgan fingerprint density at radius 2 is 2.27 bits per heavy atom. The van der Waals surface area contributed by atoms with Crippen molar-refractivity contribution in [3.05, 3.63) is 0 Å². The highest BCUT2D eigenvalue weighted by Crippen LogP contribution is 2.09. The fourth-order valence-corrected chi connectivity index (χ4v) is 1.31. The van der Waals surface area contributed by atoms with E-state index in [1.165, 1.54) is 0 Å². The number of hydrogen-bond acceptors (Lipinski definition) is 2. The minimum absolute atomic E-state index is 0.0993. The van der Waals surface area contributed by atoms with Crippen LogP contribution >= 0.6 is 0 Å². The summed E-state index contributed by atoms with van der Waals surface area (Å²) in [4.78, 5) is 11.2. The summed E-state index contributed by atoms with van der Waals surface area (Å²) in [6, 6.07) is 0.433. The Morgan fingerprint density at radius 3 is 2.73 bits per heavy atom. The van der Waals surface area contributed by atoms with E-state index in [1.807, 2.05) is 13.8 Å². The lowest BCUT2D eigenvalue weighted by atomic mass is 9.98. The van der Waals surface area contributed by atoms with Gasteiger partial charge < -0.3 is 5.32 Å². The molecule has 0 spiro atoms. The number of carbonyl (C=O) groups excluding carboxylic acids is 1. The predicted octanol–water partition coefficient (Wildman–Crippen LogP) is 0.263. The van der Waals surface area contributed by atoms with Gasteiger partial charge in [0.1, 0.15) is 0 Å². The smallest absolute Gasteiger partial charge is 0.239 e. The molecule has 64 valence electrons. The molecular weight excluding hydrogens is 140 g/mol. The molecule has 1 amide bonds. The summed E-state index contributed by atoms with van der Waals surface area (Å²) in [5, 5.41) is 6.15. The maximum absolute atomic E-state index is 11.2. The summed E-state index contributed by atoms with van der Waals surface area (Å²) in [7, 11) is 0. The molecule has 3 heteroatoms. The molecule has 1 rings (SSSR count). The highest BCUT2D eigenvalue weighted by atomic mass is 16.2. The zero-order valence-electron chi connectivity index (χ0n) is 7.40. The van der Waals surface area contributed by atoms with Crippen molar-refractivity contribution in [3.63, 3.8) is 0 Å². The molecule has 0 aromatic rings. The van der Waals surface area contributed by atoms with Gasteiger partial charge in [0.2, 0.25) is 5.91 Å². The minimum atomic E-state index is -0.390. The predicted molar refractivity (Wildman–Crippen MR) is 44.3 cm³/mol. The van der Waals surface area contributed by atoms with Crippen LogP contribution in [0.3, 0.4) is 0 Å². The third-order valence-corrected chi connectivity index (χ3v) is 2.13. The van der Waals surface area contributed by atoms with E-state index in [4.69, 9.17) is 0 Å². The van der Waals surface area contributed by atoms with Gasteiger partial charge in [-0.25, -0.2) is 0 Å². The Labute approximate surface area is 67.5 Å². The molecule has 0 saturated carbocycles. The van der Waals surface area contributed by atoms with Gasteiger partial charge in [-0.3, -0.25) is 10.1 Å². The Kier molecular flexibility index (Phi) is 2.18. The molecule has 1 aliphatic rings. The van der Waals surface area contributed by atoms with E-state index < -0.39 is 0 Å². The van der Waals surface area contributed by atoms with Crippen LogP contribution in [0, 0.1) is 0 Å². The van der Waals surface area contributed by atoms with Crippen molar-refractivity contribution < 1.29 is 4.79 Å². The first-order valence-electron chi connectivity index (χ1n) is 4.12. The van der Waals surface area contributed by atoms with E-state index in [-0.39, 0.29) is 11.4 Å². The van der Waals surface area contributed by atoms with Crippen LogP contribution in [0.5, 0.6) is 0 Å². The summed E-state index contributed by atoms with van der Waals surface area (Å²) in [6.45, 7) is 6.69. The maximum atomic E-state index is 11.2. The van der Waals surface area contributed by atoms with Crippen LogP contribution < -0.4 is 10.6 Å². The van der Waals surface area contributed by atoms with Gasteiger partial charge in [0.15, 0.2) is 0 Å². The number of hydrogen-bond donors (Lipinski definition) is 2. The summed E-state index contributed by atoms with van der Waals surface area (Å²) in [5.41, 5.74) is -0.390. The quantitative estimate of drug-likeness (QED) is 0.572. The van der Waals surface area contributed by atoms with E-state index in [9.17, 15) is 4.79 Å². The molecule has 3 nitrogen and oxygen atoms in total. The number of amides is 1. The molecule has 0 bridgehead atoms. The van der Waals surface area contributed by atoms with Gasteiger partial charge in [-0.1, -0.05) is 6.92 Å². The van der Waals surface area contributed by atoms with Crippen molar-refractivity contribution in [3.8, 4) is 0 Å². The van der Waals surface area contributed by atoms with E-state index in [0.717, 1.165) is 13.0 Å². The van der Waals surface area contributed by atoms with Gasteiger partial charge in [0.05, 0.1) is 5.54 Å². The molecule has 1 aliphatic heterocycles. The van der Waals surface area contributed by atoms with Crippen molar-refractivity contribution in [2.45, 2.75) is 38.8 Å². The SMILES string of the molecule is CCC1CNC(=O)C(C)(C)N1. The molecule has 1 heterocycles. The second-order valence-electron chi connectivity index (χ2n) is 3.58. The first kappa shape index (κ1) is 8.53. The van der Waals surface area contributed by atoms with E-state index in [0.29, 0.717) is 6.04 Å². The van der Waals surface area contributed by atoms with E-state index in [2.05, 4.69) is 17.6 Å². The first-order valence-corrected chi connectivity index (χ1v) is 4.12. The molecular formula is C8H16N2O. The number of carbonyl (C=O) groups is 1. The average Bonchev–Trinajstić information content (AvgIpc) is 1.95. The van der Waals surface area contributed by atoms with Gasteiger partial charge in [-0.2, -0.15) is 0 Å². The maximum Gasteiger partial charge on any atom is 0.239 e. The lowest BCUT2D eigenvalue weighted by Gasteiger charge is -2.35. The van der Waals surface area contributed by atoms with Gasteiger partial charge in [0.25, 0.3) is 0 Å². The third-order valence-electron chi connectivity index (χ3n) is 2.13. The normalized spacial score (nSPS) is 29.7. The Morgan fingerprint density at radius 1 is 1.64 bits per heavy atom. The summed E-state index contributed by atoms with van der Waals surface area (Å²) in [5.74, 6) is 0.0993. The summed E-state index contributed by atoms with van der Waals surface area (Å²) >= 11 is 0. The minimum Gasteiger partial charge on any atom is -0.353 e. The monoisotopic (exact) mass is 156 g/mol. The Bertz CT molecular complexity index is 165. The standard InChI is InChI=1S/C8H16N2O/c1-4-6-5-9-7(11)8(2,3)10-6/h6,10H,4-5H2,1-3H3,(H,9,11). The molecule has 0 aliphatic carbocycles. The largest absolute Gasteiger partial charge is 0.353 e. The second-order valence-corrected chi connectivity index (χ2v) is 3.58. The number of rotatable bonds is 1. The molecule has 11 heavy (non-hydrogen) atoms. The molecule has 0 aromatic heterocycles. The van der Waals surface area contributed by atoms with Crippen LogP contribution in [0.4, 0.5) is 0 Å². The number of piperazine rings is 1. The topological polar surface area (TPSA) is 41.1 Å². The van der Waals surface area contributed by atoms with Crippen molar-refractivity contribution in [2.75, 3.05) is 6.54 Å². The average molecular weight is 156 g/mol. The van der Waals surface area contributed by atoms with Gasteiger partial charge in [-0.15, -0.1) is 0 Å². The van der Waals surface area contributed by atoms with Crippen LogP contribution in [-0.2, 0) is 4.79 Å². The zero-order chi connectivity index (χ0) is 8.48. The van der Waals surface area contributed by atoms with Gasteiger partial charge >= 0.3 is 0 Å². The summed E-state index contributed by atoms with van der Waals surface area (Å²) < 4.78 is 0. The van der Waals surface area contributed by atoms with Gasteiger partial charge in [0, 0.05) is 12.6 Å². The van der Waals surface area contributed by atoms with E-state index >= 15 is 0 Å². The van der Waals surface area contributed by atoms with Gasteiger partial charge in [-0.05, 0) is 20.3 Å². The Hall–Kier alpha value is -0.570. The highest BCUT2D eigenvalue weighted by molar-refractivity contribution is 5.86. The van der Waals surface area contributed by atoms with Crippen molar-refractivity contribution in [1.29, 1.82) is 0 Å². The third kappa shape index (κ3) is 1.71. The van der Waals surface area contributed by atoms with Crippen LogP contribution in [0.1, 0.15) is 27.2 Å². The molecule has 1 saturated heterocycles. The fraction of sp³-hybridized carbons (Fsp3) is 0.875. The molecule has 0 aromatic carbocycles. The highest BCUT2D eigenvalue weighted by Gasteiger charge is 2.33. The Balaban J connectivity index is 2.59. The van der Waals surface area contributed by atoms with E-state index in [1.54, 1.807) is 0 Å². The van der Waals surface area contributed by atoms with Crippen LogP contribution in [0.15, 0.2) is 0 Å². The van der Waals surface area contributed by atoms with Crippen LogP contribution in [0.2, 0.25) is 0 Å². The zero-order valence-corrected chi connectivity index (χ0v) is 7.40. The molecule has 1 atom stereocenters. The summed E-state index contributed by atoms with van der Waals surface area (Å²) in [6.07, 6.45) is 1.06. The molecule has 1 fully saturated rings. The van der Waals surface area contributed by atoms with Crippen molar-refractivity contribution in [2.24, 2.45) is 0 Å².